The second-order valence-corrected chi connectivity index (χ2v) is 5.64. The second kappa shape index (κ2) is 5.35. The van der Waals surface area contributed by atoms with E-state index < -0.39 is 0 Å². The van der Waals surface area contributed by atoms with Crippen LogP contribution in [0.5, 0.6) is 17.2 Å². The average Bonchev–Trinajstić information content (AvgIpc) is 3.23. The fraction of sp³-hybridized carbons (Fsp3) is 0.118. The van der Waals surface area contributed by atoms with Gasteiger partial charge in [0.2, 0.25) is 6.79 Å². The Balaban J connectivity index is 1.82. The van der Waals surface area contributed by atoms with Crippen LogP contribution in [-0.2, 0) is 0 Å². The van der Waals surface area contributed by atoms with Gasteiger partial charge in [0.05, 0.1) is 12.0 Å². The molecule has 1 aliphatic rings. The third kappa shape index (κ3) is 2.10. The van der Waals surface area contributed by atoms with Crippen molar-refractivity contribution in [1.29, 1.82) is 0 Å². The third-order valence-corrected chi connectivity index (χ3v) is 4.45. The highest BCUT2D eigenvalue weighted by atomic mass is 32.1. The van der Waals surface area contributed by atoms with E-state index in [2.05, 4.69) is 4.37 Å². The molecule has 0 N–H and O–H groups in total. The van der Waals surface area contributed by atoms with Crippen LogP contribution in [0.1, 0.15) is 0 Å². The number of aromatic nitrogens is 1. The van der Waals surface area contributed by atoms with Gasteiger partial charge >= 0.3 is 0 Å². The molecule has 0 aliphatic carbocycles. The van der Waals surface area contributed by atoms with E-state index in [1.807, 2.05) is 48.7 Å². The van der Waals surface area contributed by atoms with Gasteiger partial charge in [0.25, 0.3) is 0 Å². The lowest BCUT2D eigenvalue weighted by atomic mass is 10.0. The van der Waals surface area contributed by atoms with Crippen LogP contribution in [0.4, 0.5) is 0 Å². The number of para-hydroxylation sites is 1. The Bertz CT molecular complexity index is 811. The van der Waals surface area contributed by atoms with Crippen LogP contribution in [0, 0.1) is 0 Å². The molecule has 0 fully saturated rings. The highest BCUT2D eigenvalue weighted by Crippen LogP contribution is 2.45. The van der Waals surface area contributed by atoms with Crippen LogP contribution in [-0.4, -0.2) is 18.3 Å². The summed E-state index contributed by atoms with van der Waals surface area (Å²) >= 11 is 1.46. The number of ether oxygens (including phenoxy) is 3. The molecule has 4 rings (SSSR count). The molecule has 0 unspecified atom stereocenters. The average molecular weight is 311 g/mol. The van der Waals surface area contributed by atoms with Crippen LogP contribution in [0.2, 0.25) is 0 Å². The molecule has 110 valence electrons. The van der Waals surface area contributed by atoms with E-state index in [1.165, 1.54) is 11.5 Å². The zero-order valence-electron chi connectivity index (χ0n) is 11.9. The van der Waals surface area contributed by atoms with Crippen molar-refractivity contribution in [3.8, 4) is 38.8 Å². The molecule has 0 bridgehead atoms. The lowest BCUT2D eigenvalue weighted by Crippen LogP contribution is -1.93. The minimum atomic E-state index is 0.267. The zero-order valence-corrected chi connectivity index (χ0v) is 12.7. The molecular weight excluding hydrogens is 298 g/mol. The molecule has 5 heteroatoms. The smallest absolute Gasteiger partial charge is 0.231 e. The third-order valence-electron chi connectivity index (χ3n) is 3.61. The zero-order chi connectivity index (χ0) is 14.9. The standard InChI is InChI=1S/C17H13NO3S/c1-19-12-7-5-11(6-8-12)14-9-18-22-17(14)13-3-2-4-15-16(13)21-10-20-15/h2-9H,10H2,1H3. The Morgan fingerprint density at radius 1 is 1.05 bits per heavy atom. The highest BCUT2D eigenvalue weighted by Gasteiger charge is 2.21. The summed E-state index contributed by atoms with van der Waals surface area (Å²) in [6.45, 7) is 0.267. The molecule has 0 spiro atoms. The first-order chi connectivity index (χ1) is 10.9. The van der Waals surface area contributed by atoms with Crippen molar-refractivity contribution in [2.24, 2.45) is 0 Å². The molecule has 22 heavy (non-hydrogen) atoms. The summed E-state index contributed by atoms with van der Waals surface area (Å²) in [4.78, 5) is 1.08. The van der Waals surface area contributed by atoms with Crippen LogP contribution in [0.25, 0.3) is 21.6 Å². The maximum Gasteiger partial charge on any atom is 0.231 e. The molecular formula is C17H13NO3S. The van der Waals surface area contributed by atoms with E-state index in [-0.39, 0.29) is 6.79 Å². The Kier molecular flexibility index (Phi) is 3.20. The van der Waals surface area contributed by atoms with E-state index in [4.69, 9.17) is 14.2 Å². The maximum absolute atomic E-state index is 5.62. The summed E-state index contributed by atoms with van der Waals surface area (Å²) in [7, 11) is 1.66. The van der Waals surface area contributed by atoms with Crippen molar-refractivity contribution in [3.05, 3.63) is 48.7 Å². The summed E-state index contributed by atoms with van der Waals surface area (Å²) in [5, 5.41) is 0. The largest absolute Gasteiger partial charge is 0.497 e. The first-order valence-corrected chi connectivity index (χ1v) is 7.62. The number of nitrogens with zero attached hydrogens (tertiary/aromatic N) is 1. The normalized spacial score (nSPS) is 12.4. The summed E-state index contributed by atoms with van der Waals surface area (Å²) in [5.74, 6) is 2.42. The fourth-order valence-electron chi connectivity index (χ4n) is 2.52. The summed E-state index contributed by atoms with van der Waals surface area (Å²) < 4.78 is 20.6. The van der Waals surface area contributed by atoms with E-state index in [9.17, 15) is 0 Å². The lowest BCUT2D eigenvalue weighted by Gasteiger charge is -2.07. The van der Waals surface area contributed by atoms with E-state index >= 15 is 0 Å². The molecule has 1 aliphatic heterocycles. The van der Waals surface area contributed by atoms with Gasteiger partial charge in [-0.25, -0.2) is 0 Å². The van der Waals surface area contributed by atoms with Gasteiger partial charge < -0.3 is 14.2 Å². The predicted octanol–water partition coefficient (Wildman–Crippen LogP) is 4.21. The van der Waals surface area contributed by atoms with Crippen LogP contribution < -0.4 is 14.2 Å². The summed E-state index contributed by atoms with van der Waals surface area (Å²) in [6, 6.07) is 13.9. The van der Waals surface area contributed by atoms with Crippen LogP contribution in [0.15, 0.2) is 48.7 Å². The minimum Gasteiger partial charge on any atom is -0.497 e. The van der Waals surface area contributed by atoms with Gasteiger partial charge in [0, 0.05) is 17.3 Å². The van der Waals surface area contributed by atoms with Crippen molar-refractivity contribution in [2.45, 2.75) is 0 Å². The molecule has 1 aromatic heterocycles. The molecule has 0 radical (unpaired) electrons. The Morgan fingerprint density at radius 3 is 2.73 bits per heavy atom. The quantitative estimate of drug-likeness (QED) is 0.726. The van der Waals surface area contributed by atoms with Gasteiger partial charge in [0.1, 0.15) is 5.75 Å². The van der Waals surface area contributed by atoms with Gasteiger partial charge in [-0.05, 0) is 41.4 Å². The number of benzene rings is 2. The van der Waals surface area contributed by atoms with Crippen molar-refractivity contribution < 1.29 is 14.2 Å². The van der Waals surface area contributed by atoms with Gasteiger partial charge in [-0.3, -0.25) is 0 Å². The number of methoxy groups -OCH3 is 1. The molecule has 2 heterocycles. The highest BCUT2D eigenvalue weighted by molar-refractivity contribution is 7.10. The molecule has 0 atom stereocenters. The Morgan fingerprint density at radius 2 is 1.91 bits per heavy atom. The van der Waals surface area contributed by atoms with Gasteiger partial charge in [-0.1, -0.05) is 18.2 Å². The van der Waals surface area contributed by atoms with E-state index in [0.717, 1.165) is 38.8 Å². The van der Waals surface area contributed by atoms with Gasteiger partial charge in [0.15, 0.2) is 11.5 Å². The number of hydrogen-bond acceptors (Lipinski definition) is 5. The predicted molar refractivity (Wildman–Crippen MR) is 85.7 cm³/mol. The van der Waals surface area contributed by atoms with Gasteiger partial charge in [-0.2, -0.15) is 4.37 Å². The Labute approximate surface area is 132 Å². The Hall–Kier alpha value is -2.53. The van der Waals surface area contributed by atoms with Crippen LogP contribution in [0.3, 0.4) is 0 Å². The van der Waals surface area contributed by atoms with Crippen molar-refractivity contribution in [1.82, 2.24) is 4.37 Å². The first-order valence-electron chi connectivity index (χ1n) is 6.85. The fourth-order valence-corrected chi connectivity index (χ4v) is 3.31. The lowest BCUT2D eigenvalue weighted by molar-refractivity contribution is 0.174. The van der Waals surface area contributed by atoms with Crippen LogP contribution >= 0.6 is 11.5 Å². The molecule has 0 saturated carbocycles. The first kappa shape index (κ1) is 13.2. The van der Waals surface area contributed by atoms with E-state index in [1.54, 1.807) is 7.11 Å². The maximum atomic E-state index is 5.62. The molecule has 0 saturated heterocycles. The molecule has 3 aromatic rings. The van der Waals surface area contributed by atoms with Crippen molar-refractivity contribution >= 4 is 11.5 Å². The van der Waals surface area contributed by atoms with Gasteiger partial charge in [-0.15, -0.1) is 0 Å². The number of fused-ring (bicyclic) bond motifs is 1. The summed E-state index contributed by atoms with van der Waals surface area (Å²) in [6.07, 6.45) is 1.89. The molecule has 0 amide bonds. The SMILES string of the molecule is COc1ccc(-c2cnsc2-c2cccc3c2OCO3)cc1. The van der Waals surface area contributed by atoms with Crippen molar-refractivity contribution in [3.63, 3.8) is 0 Å². The molecule has 2 aromatic carbocycles. The summed E-state index contributed by atoms with van der Waals surface area (Å²) in [5.41, 5.74) is 3.20. The number of hydrogen-bond donors (Lipinski definition) is 0. The second-order valence-electron chi connectivity index (χ2n) is 4.84. The minimum absolute atomic E-state index is 0.267. The monoisotopic (exact) mass is 311 g/mol. The van der Waals surface area contributed by atoms with E-state index in [0.29, 0.717) is 0 Å². The van der Waals surface area contributed by atoms with Crippen molar-refractivity contribution in [2.75, 3.05) is 13.9 Å². The molecule has 4 nitrogen and oxygen atoms in total. The topological polar surface area (TPSA) is 40.6 Å². The number of rotatable bonds is 3.